The third-order valence-corrected chi connectivity index (χ3v) is 13.7. The normalized spacial score (nSPS) is 15.0. The van der Waals surface area contributed by atoms with Gasteiger partial charge in [-0.25, -0.2) is 23.4 Å². The molecule has 12 rings (SSSR count). The third-order valence-electron chi connectivity index (χ3n) is 12.0. The molecule has 0 bridgehead atoms. The van der Waals surface area contributed by atoms with Gasteiger partial charge in [0.2, 0.25) is 9.84 Å². The van der Waals surface area contributed by atoms with Crippen LogP contribution in [-0.4, -0.2) is 23.4 Å². The van der Waals surface area contributed by atoms with Crippen LogP contribution in [0, 0.1) is 0 Å². The van der Waals surface area contributed by atoms with Crippen LogP contribution in [-0.2, 0) is 15.3 Å². The van der Waals surface area contributed by atoms with Crippen molar-refractivity contribution in [3.63, 3.8) is 0 Å². The SMILES string of the molecule is O=S(=O)(c1ccccc1)c1ccc2c(c1)C1(c3ccccc3-2)c2ccccc2-c2c1ccc1c2oc2ccc(-c3nc(-c4ccccc4)nc(-c4ccccc4)n3)cc21. The van der Waals surface area contributed by atoms with E-state index in [0.717, 1.165) is 83.1 Å². The predicted octanol–water partition coefficient (Wildman–Crippen LogP) is 11.9. The number of rotatable bonds is 5. The van der Waals surface area contributed by atoms with Crippen molar-refractivity contribution in [2.45, 2.75) is 15.2 Å². The largest absolute Gasteiger partial charge is 0.455 e. The molecule has 0 radical (unpaired) electrons. The summed E-state index contributed by atoms with van der Waals surface area (Å²) in [6.45, 7) is 0. The van der Waals surface area contributed by atoms with Crippen molar-refractivity contribution < 1.29 is 12.8 Å². The monoisotopic (exact) mass is 777 g/mol. The first-order chi connectivity index (χ1) is 29.0. The van der Waals surface area contributed by atoms with Crippen molar-refractivity contribution in [1.29, 1.82) is 0 Å². The molecule has 0 aliphatic heterocycles. The lowest BCUT2D eigenvalue weighted by molar-refractivity contribution is 0.595. The van der Waals surface area contributed by atoms with Crippen molar-refractivity contribution in [2.75, 3.05) is 0 Å². The van der Waals surface area contributed by atoms with Crippen LogP contribution in [0.2, 0.25) is 0 Å². The lowest BCUT2D eigenvalue weighted by atomic mass is 9.70. The predicted molar refractivity (Wildman–Crippen MR) is 232 cm³/mol. The minimum Gasteiger partial charge on any atom is -0.455 e. The van der Waals surface area contributed by atoms with Crippen LogP contribution in [0.15, 0.2) is 202 Å². The Labute approximate surface area is 340 Å². The summed E-state index contributed by atoms with van der Waals surface area (Å²) in [4.78, 5) is 15.4. The summed E-state index contributed by atoms with van der Waals surface area (Å²) in [5.74, 6) is 1.77. The summed E-state index contributed by atoms with van der Waals surface area (Å²) < 4.78 is 35.2. The number of benzene rings is 8. The van der Waals surface area contributed by atoms with E-state index >= 15 is 0 Å². The number of fused-ring (bicyclic) bond motifs is 14. The fourth-order valence-corrected chi connectivity index (χ4v) is 10.7. The maximum atomic E-state index is 14.2. The molecule has 7 heteroatoms. The van der Waals surface area contributed by atoms with Gasteiger partial charge in [-0.1, -0.05) is 146 Å². The van der Waals surface area contributed by atoms with E-state index in [2.05, 4.69) is 66.7 Å². The molecule has 1 unspecified atom stereocenters. The van der Waals surface area contributed by atoms with Gasteiger partial charge >= 0.3 is 0 Å². The van der Waals surface area contributed by atoms with Crippen molar-refractivity contribution in [1.82, 2.24) is 15.0 Å². The average Bonchev–Trinajstić information content (AvgIpc) is 3.93. The number of sulfone groups is 1. The van der Waals surface area contributed by atoms with E-state index in [9.17, 15) is 8.42 Å². The zero-order valence-electron chi connectivity index (χ0n) is 31.4. The summed E-state index contributed by atoms with van der Waals surface area (Å²) in [5.41, 5.74) is 11.8. The fraction of sp³-hybridized carbons (Fsp3) is 0.0192. The zero-order chi connectivity index (χ0) is 39.3. The zero-order valence-corrected chi connectivity index (χ0v) is 32.2. The topological polar surface area (TPSA) is 86.0 Å². The van der Waals surface area contributed by atoms with E-state index < -0.39 is 15.3 Å². The molecule has 10 aromatic rings. The molecule has 0 fully saturated rings. The Kier molecular flexibility index (Phi) is 7.13. The lowest BCUT2D eigenvalue weighted by Crippen LogP contribution is -2.26. The van der Waals surface area contributed by atoms with Crippen molar-refractivity contribution >= 4 is 31.8 Å². The van der Waals surface area contributed by atoms with E-state index in [0.29, 0.717) is 17.5 Å². The molecule has 0 saturated heterocycles. The number of nitrogens with zero attached hydrogens (tertiary/aromatic N) is 3. The number of aromatic nitrogens is 3. The average molecular weight is 778 g/mol. The molecule has 0 saturated carbocycles. The second kappa shape index (κ2) is 12.5. The summed E-state index contributed by atoms with van der Waals surface area (Å²) in [7, 11) is -3.80. The quantitative estimate of drug-likeness (QED) is 0.173. The fourth-order valence-electron chi connectivity index (χ4n) is 9.41. The first-order valence-corrected chi connectivity index (χ1v) is 21.0. The summed E-state index contributed by atoms with van der Waals surface area (Å²) in [6, 6.07) is 61.7. The molecule has 0 N–H and O–H groups in total. The van der Waals surface area contributed by atoms with Crippen LogP contribution < -0.4 is 0 Å². The molecular weight excluding hydrogens is 747 g/mol. The van der Waals surface area contributed by atoms with E-state index in [1.165, 1.54) is 0 Å². The molecule has 278 valence electrons. The Morgan fingerprint density at radius 2 is 0.966 bits per heavy atom. The van der Waals surface area contributed by atoms with E-state index in [1.807, 2.05) is 91.0 Å². The standard InChI is InChI=1S/C52H31N3O3S/c56-59(57,35-18-8-3-9-19-35)36-25-26-38-37-20-10-12-22-42(37)52(45(38)31-36)43-23-13-11-21-40(43)47-44(52)28-27-39-41-30-34(24-29-46(41)58-48(39)47)51-54-49(32-14-4-1-5-15-32)53-50(55-51)33-16-6-2-7-17-33/h1-31H. The highest BCUT2D eigenvalue weighted by Crippen LogP contribution is 2.64. The first kappa shape index (κ1) is 33.6. The molecule has 2 aliphatic rings. The highest BCUT2D eigenvalue weighted by atomic mass is 32.2. The van der Waals surface area contributed by atoms with Crippen LogP contribution in [0.3, 0.4) is 0 Å². The van der Waals surface area contributed by atoms with E-state index in [1.54, 1.807) is 30.3 Å². The minimum atomic E-state index is -3.80. The van der Waals surface area contributed by atoms with Crippen LogP contribution in [0.1, 0.15) is 22.3 Å². The molecule has 1 spiro atoms. The smallest absolute Gasteiger partial charge is 0.206 e. The molecule has 59 heavy (non-hydrogen) atoms. The van der Waals surface area contributed by atoms with Gasteiger partial charge in [-0.3, -0.25) is 0 Å². The van der Waals surface area contributed by atoms with Gasteiger partial charge in [0.05, 0.1) is 15.2 Å². The molecule has 2 aliphatic carbocycles. The molecule has 6 nitrogen and oxygen atoms in total. The van der Waals surface area contributed by atoms with Gasteiger partial charge < -0.3 is 4.42 Å². The van der Waals surface area contributed by atoms with E-state index in [-0.39, 0.29) is 9.79 Å². The molecular formula is C52H31N3O3S. The highest BCUT2D eigenvalue weighted by Gasteiger charge is 2.52. The van der Waals surface area contributed by atoms with Gasteiger partial charge in [0.1, 0.15) is 11.2 Å². The van der Waals surface area contributed by atoms with Crippen LogP contribution in [0.4, 0.5) is 0 Å². The van der Waals surface area contributed by atoms with Gasteiger partial charge in [0.25, 0.3) is 0 Å². The number of hydrogen-bond donors (Lipinski definition) is 0. The van der Waals surface area contributed by atoms with Crippen LogP contribution in [0.25, 0.3) is 78.4 Å². The van der Waals surface area contributed by atoms with Crippen LogP contribution in [0.5, 0.6) is 0 Å². The maximum absolute atomic E-state index is 14.2. The second-order valence-corrected chi connectivity index (χ2v) is 17.0. The second-order valence-electron chi connectivity index (χ2n) is 15.1. The first-order valence-electron chi connectivity index (χ1n) is 19.5. The molecule has 1 atom stereocenters. The molecule has 2 aromatic heterocycles. The van der Waals surface area contributed by atoms with Gasteiger partial charge in [-0.2, -0.15) is 0 Å². The third kappa shape index (κ3) is 4.79. The Hall–Kier alpha value is -7.48. The Bertz CT molecular complexity index is 3400. The number of furan rings is 1. The lowest BCUT2D eigenvalue weighted by Gasteiger charge is -2.30. The van der Waals surface area contributed by atoms with Crippen molar-refractivity contribution in [2.24, 2.45) is 0 Å². The molecule has 2 heterocycles. The van der Waals surface area contributed by atoms with Crippen LogP contribution >= 0.6 is 0 Å². The highest BCUT2D eigenvalue weighted by molar-refractivity contribution is 7.91. The van der Waals surface area contributed by atoms with Gasteiger partial charge in [-0.15, -0.1) is 0 Å². The van der Waals surface area contributed by atoms with Crippen molar-refractivity contribution in [3.8, 4) is 56.4 Å². The Morgan fingerprint density at radius 1 is 0.407 bits per heavy atom. The van der Waals surface area contributed by atoms with E-state index in [4.69, 9.17) is 19.4 Å². The summed E-state index contributed by atoms with van der Waals surface area (Å²) in [5, 5.41) is 1.92. The Morgan fingerprint density at radius 3 is 1.64 bits per heavy atom. The summed E-state index contributed by atoms with van der Waals surface area (Å²) >= 11 is 0. The number of hydrogen-bond acceptors (Lipinski definition) is 6. The molecule has 0 amide bonds. The van der Waals surface area contributed by atoms with Crippen molar-refractivity contribution in [3.05, 3.63) is 210 Å². The minimum absolute atomic E-state index is 0.266. The van der Waals surface area contributed by atoms with Gasteiger partial charge in [0, 0.05) is 33.0 Å². The van der Waals surface area contributed by atoms with Gasteiger partial charge in [-0.05, 0) is 81.4 Å². The summed E-state index contributed by atoms with van der Waals surface area (Å²) in [6.07, 6.45) is 0. The Balaban J connectivity index is 1.08. The molecule has 8 aromatic carbocycles. The maximum Gasteiger partial charge on any atom is 0.206 e. The van der Waals surface area contributed by atoms with Gasteiger partial charge in [0.15, 0.2) is 17.5 Å².